The fraction of sp³-hybridized carbons (Fsp3) is 0.318. The molecule has 146 valence electrons. The van der Waals surface area contributed by atoms with Crippen LogP contribution < -0.4 is 5.32 Å². The maximum Gasteiger partial charge on any atom is 0.227 e. The van der Waals surface area contributed by atoms with Gasteiger partial charge in [-0.3, -0.25) is 4.79 Å². The molecule has 0 aliphatic carbocycles. The van der Waals surface area contributed by atoms with Crippen LogP contribution in [0, 0.1) is 0 Å². The minimum Gasteiger partial charge on any atom is -0.382 e. The molecule has 0 aliphatic heterocycles. The molecule has 0 saturated heterocycles. The zero-order valence-electron chi connectivity index (χ0n) is 16.1. The van der Waals surface area contributed by atoms with Crippen LogP contribution in [0.15, 0.2) is 59.1 Å². The highest BCUT2D eigenvalue weighted by Crippen LogP contribution is 2.23. The van der Waals surface area contributed by atoms with E-state index in [0.29, 0.717) is 44.3 Å². The molecule has 1 N–H and O–H groups in total. The number of benzene rings is 2. The number of aromatic nitrogens is 2. The first-order chi connectivity index (χ1) is 13.8. The molecule has 0 fully saturated rings. The van der Waals surface area contributed by atoms with Crippen molar-refractivity contribution < 1.29 is 14.1 Å². The van der Waals surface area contributed by atoms with Crippen LogP contribution in [0.5, 0.6) is 0 Å². The number of hydrogen-bond donors (Lipinski definition) is 1. The Morgan fingerprint density at radius 3 is 2.50 bits per heavy atom. The summed E-state index contributed by atoms with van der Waals surface area (Å²) in [6, 6.07) is 18.2. The Balaban J connectivity index is 1.49. The molecule has 0 unspecified atom stereocenters. The normalized spacial score (nSPS) is 10.8. The van der Waals surface area contributed by atoms with Gasteiger partial charge in [0.1, 0.15) is 0 Å². The smallest absolute Gasteiger partial charge is 0.227 e. The average Bonchev–Trinajstić information content (AvgIpc) is 3.22. The summed E-state index contributed by atoms with van der Waals surface area (Å²) in [6.45, 7) is 3.92. The van der Waals surface area contributed by atoms with E-state index in [1.54, 1.807) is 0 Å². The molecular weight excluding hydrogens is 354 g/mol. The fourth-order valence-corrected chi connectivity index (χ4v) is 2.77. The fourth-order valence-electron chi connectivity index (χ4n) is 2.77. The minimum absolute atomic E-state index is 0.0246. The number of rotatable bonds is 10. The highest BCUT2D eigenvalue weighted by molar-refractivity contribution is 5.76. The summed E-state index contributed by atoms with van der Waals surface area (Å²) in [5.41, 5.74) is 3.18. The molecule has 0 saturated carbocycles. The van der Waals surface area contributed by atoms with E-state index in [2.05, 4.69) is 27.6 Å². The maximum absolute atomic E-state index is 11.9. The summed E-state index contributed by atoms with van der Waals surface area (Å²) >= 11 is 0. The van der Waals surface area contributed by atoms with Gasteiger partial charge in [0.25, 0.3) is 0 Å². The number of carbonyl (C=O) groups excluding carboxylic acids is 1. The third-order valence-electron chi connectivity index (χ3n) is 4.28. The van der Waals surface area contributed by atoms with Gasteiger partial charge in [0.2, 0.25) is 17.6 Å². The van der Waals surface area contributed by atoms with Crippen LogP contribution in [-0.4, -0.2) is 35.8 Å². The maximum atomic E-state index is 11.9. The van der Waals surface area contributed by atoms with Crippen LogP contribution in [0.1, 0.15) is 25.7 Å². The average molecular weight is 379 g/mol. The van der Waals surface area contributed by atoms with Crippen molar-refractivity contribution in [2.45, 2.75) is 26.2 Å². The monoisotopic (exact) mass is 379 g/mol. The van der Waals surface area contributed by atoms with Gasteiger partial charge in [-0.2, -0.15) is 4.98 Å². The van der Waals surface area contributed by atoms with Crippen molar-refractivity contribution in [1.29, 1.82) is 0 Å². The molecule has 0 aliphatic rings. The van der Waals surface area contributed by atoms with E-state index < -0.39 is 0 Å². The summed E-state index contributed by atoms with van der Waals surface area (Å²) in [7, 11) is 0. The van der Waals surface area contributed by atoms with Crippen molar-refractivity contribution in [1.82, 2.24) is 15.5 Å². The van der Waals surface area contributed by atoms with E-state index in [0.717, 1.165) is 23.1 Å². The van der Waals surface area contributed by atoms with Crippen LogP contribution >= 0.6 is 0 Å². The molecule has 28 heavy (non-hydrogen) atoms. The molecule has 1 amide bonds. The predicted octanol–water partition coefficient (Wildman–Crippen LogP) is 3.88. The summed E-state index contributed by atoms with van der Waals surface area (Å²) in [6.07, 6.45) is 1.55. The van der Waals surface area contributed by atoms with Crippen LogP contribution in [0.4, 0.5) is 0 Å². The van der Waals surface area contributed by atoms with Gasteiger partial charge in [-0.25, -0.2) is 0 Å². The van der Waals surface area contributed by atoms with Crippen molar-refractivity contribution in [3.63, 3.8) is 0 Å². The van der Waals surface area contributed by atoms with E-state index in [-0.39, 0.29) is 5.91 Å². The van der Waals surface area contributed by atoms with E-state index in [4.69, 9.17) is 9.26 Å². The second-order valence-electron chi connectivity index (χ2n) is 6.36. The number of nitrogens with one attached hydrogen (secondary N) is 1. The Morgan fingerprint density at radius 1 is 1.04 bits per heavy atom. The SMILES string of the molecule is CCOCCCNC(=O)CCc1nc(-c2ccc(-c3ccccc3)cc2)no1. The van der Waals surface area contributed by atoms with Gasteiger partial charge in [0.05, 0.1) is 0 Å². The van der Waals surface area contributed by atoms with Gasteiger partial charge in [0.15, 0.2) is 0 Å². The van der Waals surface area contributed by atoms with E-state index in [1.807, 2.05) is 49.4 Å². The van der Waals surface area contributed by atoms with Crippen LogP contribution in [0.2, 0.25) is 0 Å². The van der Waals surface area contributed by atoms with Gasteiger partial charge in [-0.15, -0.1) is 0 Å². The van der Waals surface area contributed by atoms with Crippen molar-refractivity contribution >= 4 is 5.91 Å². The number of amides is 1. The predicted molar refractivity (Wildman–Crippen MR) is 108 cm³/mol. The molecule has 0 atom stereocenters. The lowest BCUT2D eigenvalue weighted by Gasteiger charge is -2.04. The summed E-state index contributed by atoms with van der Waals surface area (Å²) in [5.74, 6) is 0.974. The standard InChI is InChI=1S/C22H25N3O3/c1-2-27-16-6-15-23-20(26)13-14-21-24-22(25-28-21)19-11-9-18(10-12-19)17-7-4-3-5-8-17/h3-5,7-12H,2,6,13-16H2,1H3,(H,23,26). The second kappa shape index (κ2) is 10.4. The highest BCUT2D eigenvalue weighted by Gasteiger charge is 2.11. The molecule has 0 bridgehead atoms. The zero-order valence-corrected chi connectivity index (χ0v) is 16.1. The van der Waals surface area contributed by atoms with Crippen molar-refractivity contribution in [2.75, 3.05) is 19.8 Å². The van der Waals surface area contributed by atoms with Crippen LogP contribution in [0.25, 0.3) is 22.5 Å². The molecular formula is C22H25N3O3. The van der Waals surface area contributed by atoms with Gasteiger partial charge >= 0.3 is 0 Å². The van der Waals surface area contributed by atoms with Crippen LogP contribution in [-0.2, 0) is 16.0 Å². The molecule has 3 aromatic rings. The highest BCUT2D eigenvalue weighted by atomic mass is 16.5. The largest absolute Gasteiger partial charge is 0.382 e. The number of aryl methyl sites for hydroxylation is 1. The molecule has 0 spiro atoms. The Bertz CT molecular complexity index is 860. The zero-order chi connectivity index (χ0) is 19.6. The summed E-state index contributed by atoms with van der Waals surface area (Å²) in [4.78, 5) is 16.3. The molecule has 1 aromatic heterocycles. The van der Waals surface area contributed by atoms with Crippen molar-refractivity contribution in [3.8, 4) is 22.5 Å². The molecule has 1 heterocycles. The third kappa shape index (κ3) is 5.76. The minimum atomic E-state index is -0.0246. The topological polar surface area (TPSA) is 77.2 Å². The van der Waals surface area contributed by atoms with Crippen molar-refractivity contribution in [3.05, 3.63) is 60.5 Å². The van der Waals surface area contributed by atoms with Gasteiger partial charge < -0.3 is 14.6 Å². The number of ether oxygens (including phenoxy) is 1. The van der Waals surface area contributed by atoms with E-state index >= 15 is 0 Å². The number of nitrogens with zero attached hydrogens (tertiary/aromatic N) is 2. The Labute approximate surface area is 164 Å². The molecule has 6 heteroatoms. The molecule has 3 rings (SSSR count). The first-order valence-corrected chi connectivity index (χ1v) is 9.59. The summed E-state index contributed by atoms with van der Waals surface area (Å²) in [5, 5.41) is 6.89. The van der Waals surface area contributed by atoms with E-state index in [1.165, 1.54) is 0 Å². The number of hydrogen-bond acceptors (Lipinski definition) is 5. The van der Waals surface area contributed by atoms with Gasteiger partial charge in [-0.05, 0) is 24.5 Å². The lowest BCUT2D eigenvalue weighted by Crippen LogP contribution is -2.25. The first kappa shape index (κ1) is 19.8. The third-order valence-corrected chi connectivity index (χ3v) is 4.28. The van der Waals surface area contributed by atoms with Gasteiger partial charge in [0, 0.05) is 38.2 Å². The Kier molecular flexibility index (Phi) is 7.32. The van der Waals surface area contributed by atoms with E-state index in [9.17, 15) is 4.79 Å². The number of carbonyl (C=O) groups is 1. The molecule has 0 radical (unpaired) electrons. The first-order valence-electron chi connectivity index (χ1n) is 9.59. The Morgan fingerprint density at radius 2 is 1.75 bits per heavy atom. The summed E-state index contributed by atoms with van der Waals surface area (Å²) < 4.78 is 10.5. The van der Waals surface area contributed by atoms with Crippen molar-refractivity contribution in [2.24, 2.45) is 0 Å². The second-order valence-corrected chi connectivity index (χ2v) is 6.36. The molecule has 2 aromatic carbocycles. The lowest BCUT2D eigenvalue weighted by molar-refractivity contribution is -0.121. The van der Waals surface area contributed by atoms with Gasteiger partial charge in [-0.1, -0.05) is 59.8 Å². The van der Waals surface area contributed by atoms with Crippen LogP contribution in [0.3, 0.4) is 0 Å². The molecule has 6 nitrogen and oxygen atoms in total. The Hall–Kier alpha value is -2.99. The quantitative estimate of drug-likeness (QED) is 0.541. The lowest BCUT2D eigenvalue weighted by atomic mass is 10.0.